The van der Waals surface area contributed by atoms with Crippen molar-refractivity contribution in [1.82, 2.24) is 5.32 Å². The van der Waals surface area contributed by atoms with Gasteiger partial charge in [0.15, 0.2) is 0 Å². The minimum Gasteiger partial charge on any atom is -0.306 e. The van der Waals surface area contributed by atoms with Crippen molar-refractivity contribution in [2.75, 3.05) is 0 Å². The number of rotatable bonds is 5. The minimum atomic E-state index is 0.409. The Hall–Kier alpha value is -1.60. The van der Waals surface area contributed by atoms with Gasteiger partial charge in [0.1, 0.15) is 0 Å². The van der Waals surface area contributed by atoms with Crippen molar-refractivity contribution in [3.05, 3.63) is 71.8 Å². The smallest absolute Gasteiger partial charge is 0.0346 e. The third-order valence-corrected chi connectivity index (χ3v) is 3.19. The molecule has 0 saturated carbocycles. The van der Waals surface area contributed by atoms with Gasteiger partial charge in [0.25, 0.3) is 0 Å². The Morgan fingerprint density at radius 2 is 1.39 bits per heavy atom. The fourth-order valence-electron chi connectivity index (χ4n) is 2.22. The molecule has 18 heavy (non-hydrogen) atoms. The third-order valence-electron chi connectivity index (χ3n) is 3.19. The van der Waals surface area contributed by atoms with E-state index in [-0.39, 0.29) is 0 Å². The van der Waals surface area contributed by atoms with Gasteiger partial charge in [0.05, 0.1) is 0 Å². The monoisotopic (exact) mass is 239 g/mol. The topological polar surface area (TPSA) is 12.0 Å². The maximum absolute atomic E-state index is 3.65. The molecule has 0 spiro atoms. The van der Waals surface area contributed by atoms with Crippen LogP contribution in [-0.4, -0.2) is 0 Å². The average Bonchev–Trinajstić information content (AvgIpc) is 2.41. The minimum absolute atomic E-state index is 0.409. The zero-order valence-corrected chi connectivity index (χ0v) is 11.1. The van der Waals surface area contributed by atoms with Crippen LogP contribution in [0.15, 0.2) is 60.7 Å². The van der Waals surface area contributed by atoms with Crippen LogP contribution in [0.4, 0.5) is 0 Å². The van der Waals surface area contributed by atoms with Crippen LogP contribution in [0.25, 0.3) is 0 Å². The van der Waals surface area contributed by atoms with Crippen molar-refractivity contribution in [3.8, 4) is 0 Å². The van der Waals surface area contributed by atoms with E-state index in [1.165, 1.54) is 11.1 Å². The SMILES string of the molecule is CC(C)[C@H](NCc1ccccc1)c1ccccc1. The van der Waals surface area contributed by atoms with Gasteiger partial charge in [-0.25, -0.2) is 0 Å². The Morgan fingerprint density at radius 3 is 1.94 bits per heavy atom. The van der Waals surface area contributed by atoms with Gasteiger partial charge in [0.2, 0.25) is 0 Å². The molecule has 1 N–H and O–H groups in total. The van der Waals surface area contributed by atoms with Crippen LogP contribution in [0.2, 0.25) is 0 Å². The van der Waals surface area contributed by atoms with E-state index in [4.69, 9.17) is 0 Å². The van der Waals surface area contributed by atoms with Crippen molar-refractivity contribution in [2.24, 2.45) is 5.92 Å². The van der Waals surface area contributed by atoms with E-state index >= 15 is 0 Å². The Kier molecular flexibility index (Phi) is 4.54. The number of hydrogen-bond donors (Lipinski definition) is 1. The Labute approximate surface area is 110 Å². The number of benzene rings is 2. The second kappa shape index (κ2) is 6.36. The fourth-order valence-corrected chi connectivity index (χ4v) is 2.22. The van der Waals surface area contributed by atoms with Crippen LogP contribution >= 0.6 is 0 Å². The first-order valence-corrected chi connectivity index (χ1v) is 6.59. The third kappa shape index (κ3) is 3.44. The maximum atomic E-state index is 3.65. The van der Waals surface area contributed by atoms with Gasteiger partial charge in [-0.2, -0.15) is 0 Å². The molecule has 0 aliphatic rings. The highest BCUT2D eigenvalue weighted by molar-refractivity contribution is 5.20. The van der Waals surface area contributed by atoms with E-state index in [1.54, 1.807) is 0 Å². The first-order chi connectivity index (χ1) is 8.77. The van der Waals surface area contributed by atoms with Crippen molar-refractivity contribution in [3.63, 3.8) is 0 Å². The maximum Gasteiger partial charge on any atom is 0.0346 e. The molecule has 2 rings (SSSR count). The highest BCUT2D eigenvalue weighted by Crippen LogP contribution is 2.21. The summed E-state index contributed by atoms with van der Waals surface area (Å²) in [7, 11) is 0. The quantitative estimate of drug-likeness (QED) is 0.825. The lowest BCUT2D eigenvalue weighted by molar-refractivity contribution is 0.410. The Morgan fingerprint density at radius 1 is 0.833 bits per heavy atom. The summed E-state index contributed by atoms with van der Waals surface area (Å²) in [6.45, 7) is 5.43. The summed E-state index contributed by atoms with van der Waals surface area (Å²) in [5, 5.41) is 3.65. The molecular weight excluding hydrogens is 218 g/mol. The van der Waals surface area contributed by atoms with Gasteiger partial charge in [-0.1, -0.05) is 74.5 Å². The molecule has 0 radical (unpaired) electrons. The lowest BCUT2D eigenvalue weighted by Gasteiger charge is -2.23. The summed E-state index contributed by atoms with van der Waals surface area (Å²) in [5.41, 5.74) is 2.70. The average molecular weight is 239 g/mol. The second-order valence-electron chi connectivity index (χ2n) is 5.00. The fraction of sp³-hybridized carbons (Fsp3) is 0.294. The van der Waals surface area contributed by atoms with Gasteiger partial charge < -0.3 is 5.32 Å². The van der Waals surface area contributed by atoms with Gasteiger partial charge in [-0.05, 0) is 17.0 Å². The molecule has 1 nitrogen and oxygen atoms in total. The normalized spacial score (nSPS) is 12.6. The largest absolute Gasteiger partial charge is 0.306 e. The molecule has 2 aromatic rings. The molecule has 1 atom stereocenters. The van der Waals surface area contributed by atoms with Crippen molar-refractivity contribution >= 4 is 0 Å². The van der Waals surface area contributed by atoms with Crippen molar-refractivity contribution < 1.29 is 0 Å². The van der Waals surface area contributed by atoms with Gasteiger partial charge in [0, 0.05) is 12.6 Å². The molecule has 0 bridgehead atoms. The van der Waals surface area contributed by atoms with Crippen LogP contribution in [-0.2, 0) is 6.54 Å². The van der Waals surface area contributed by atoms with Crippen molar-refractivity contribution in [1.29, 1.82) is 0 Å². The molecule has 0 unspecified atom stereocenters. The summed E-state index contributed by atoms with van der Waals surface area (Å²) in [6, 6.07) is 21.6. The summed E-state index contributed by atoms with van der Waals surface area (Å²) in [4.78, 5) is 0. The van der Waals surface area contributed by atoms with E-state index in [1.807, 2.05) is 0 Å². The second-order valence-corrected chi connectivity index (χ2v) is 5.00. The standard InChI is InChI=1S/C17H21N/c1-14(2)17(16-11-7-4-8-12-16)18-13-15-9-5-3-6-10-15/h3-12,14,17-18H,13H2,1-2H3/t17-/m0/s1. The predicted octanol–water partition coefficient (Wildman–Crippen LogP) is 4.17. The molecular formula is C17H21N. The van der Waals surface area contributed by atoms with Gasteiger partial charge >= 0.3 is 0 Å². The van der Waals surface area contributed by atoms with Gasteiger partial charge in [-0.15, -0.1) is 0 Å². The molecule has 0 amide bonds. The van der Waals surface area contributed by atoms with E-state index in [0.717, 1.165) is 6.54 Å². The molecule has 0 fully saturated rings. The summed E-state index contributed by atoms with van der Waals surface area (Å²) >= 11 is 0. The first kappa shape index (κ1) is 12.8. The van der Waals surface area contributed by atoms with E-state index in [0.29, 0.717) is 12.0 Å². The van der Waals surface area contributed by atoms with Crippen LogP contribution in [0, 0.1) is 5.92 Å². The lowest BCUT2D eigenvalue weighted by Crippen LogP contribution is -2.25. The summed E-state index contributed by atoms with van der Waals surface area (Å²) < 4.78 is 0. The molecule has 94 valence electrons. The molecule has 0 aliphatic heterocycles. The number of hydrogen-bond acceptors (Lipinski definition) is 1. The first-order valence-electron chi connectivity index (χ1n) is 6.59. The molecule has 1 heteroatoms. The van der Waals surface area contributed by atoms with Crippen LogP contribution in [0.3, 0.4) is 0 Å². The highest BCUT2D eigenvalue weighted by atomic mass is 14.9. The molecule has 0 heterocycles. The molecule has 0 saturated heterocycles. The molecule has 2 aromatic carbocycles. The van der Waals surface area contributed by atoms with Crippen LogP contribution in [0.5, 0.6) is 0 Å². The predicted molar refractivity (Wildman–Crippen MR) is 77.3 cm³/mol. The zero-order chi connectivity index (χ0) is 12.8. The van der Waals surface area contributed by atoms with Gasteiger partial charge in [-0.3, -0.25) is 0 Å². The molecule has 0 aromatic heterocycles. The number of nitrogens with one attached hydrogen (secondary N) is 1. The van der Waals surface area contributed by atoms with E-state index in [2.05, 4.69) is 79.8 Å². The Balaban J connectivity index is 2.04. The lowest BCUT2D eigenvalue weighted by atomic mass is 9.96. The molecule has 0 aliphatic carbocycles. The highest BCUT2D eigenvalue weighted by Gasteiger charge is 2.14. The van der Waals surface area contributed by atoms with E-state index < -0.39 is 0 Å². The Bertz CT molecular complexity index is 448. The zero-order valence-electron chi connectivity index (χ0n) is 11.1. The van der Waals surface area contributed by atoms with Crippen LogP contribution in [0.1, 0.15) is 31.0 Å². The van der Waals surface area contributed by atoms with Crippen molar-refractivity contribution in [2.45, 2.75) is 26.4 Å². The summed E-state index contributed by atoms with van der Waals surface area (Å²) in [5.74, 6) is 0.580. The van der Waals surface area contributed by atoms with Crippen LogP contribution < -0.4 is 5.32 Å². The summed E-state index contributed by atoms with van der Waals surface area (Å²) in [6.07, 6.45) is 0. The van der Waals surface area contributed by atoms with E-state index in [9.17, 15) is 0 Å².